The van der Waals surface area contributed by atoms with Gasteiger partial charge in [-0.25, -0.2) is 0 Å². The van der Waals surface area contributed by atoms with Crippen LogP contribution in [-0.4, -0.2) is 14.8 Å². The Morgan fingerprint density at radius 2 is 1.21 bits per heavy atom. The summed E-state index contributed by atoms with van der Waals surface area (Å²) in [6.07, 6.45) is -4.79. The van der Waals surface area contributed by atoms with Gasteiger partial charge < -0.3 is 5.32 Å². The van der Waals surface area contributed by atoms with Crippen molar-refractivity contribution in [2.24, 2.45) is 0 Å². The van der Waals surface area contributed by atoms with Gasteiger partial charge in [-0.1, -0.05) is 23.2 Å². The monoisotopic (exact) mass is 440 g/mol. The largest absolute Gasteiger partial charge is 0.416 e. The fraction of sp³-hybridized carbons (Fsp3) is 0.0769. The summed E-state index contributed by atoms with van der Waals surface area (Å²) in [4.78, 5) is 29.9. The van der Waals surface area contributed by atoms with Crippen LogP contribution in [-0.2, 0) is 6.18 Å². The minimum atomic E-state index is -4.79. The van der Waals surface area contributed by atoms with E-state index in [-0.39, 0.29) is 0 Å². The third-order valence-electron chi connectivity index (χ3n) is 3.31. The summed E-state index contributed by atoms with van der Waals surface area (Å²) in [6.45, 7) is 0. The van der Waals surface area contributed by atoms with Crippen molar-refractivity contribution in [2.45, 2.75) is 6.18 Å². The Morgan fingerprint density at radius 1 is 0.786 bits per heavy atom. The zero-order valence-corrected chi connectivity index (χ0v) is 14.5. The molecule has 0 amide bonds. The van der Waals surface area contributed by atoms with Crippen molar-refractivity contribution >= 4 is 51.6 Å². The molecule has 2 rings (SSSR count). The number of nitro groups is 3. The van der Waals surface area contributed by atoms with Gasteiger partial charge in [0.05, 0.1) is 48.2 Å². The van der Waals surface area contributed by atoms with Crippen LogP contribution in [0.2, 0.25) is 10.0 Å². The minimum Gasteiger partial charge on any atom is -0.342 e. The molecule has 0 radical (unpaired) electrons. The lowest BCUT2D eigenvalue weighted by Gasteiger charge is -2.14. The van der Waals surface area contributed by atoms with Crippen molar-refractivity contribution in [3.63, 3.8) is 0 Å². The summed E-state index contributed by atoms with van der Waals surface area (Å²) in [5.41, 5.74) is -5.64. The standard InChI is InChI=1S/C13H5Cl2F3N4O6/c14-7-1-5(13(16,17)18)2-8(15)11(7)19-12-9(21(25)26)3-6(20(23)24)4-10(12)22(27)28/h1-4,19H. The Hall–Kier alpha value is -3.19. The number of alkyl halides is 3. The molecule has 0 saturated carbocycles. The van der Waals surface area contributed by atoms with E-state index in [9.17, 15) is 43.5 Å². The van der Waals surface area contributed by atoms with Gasteiger partial charge in [-0.3, -0.25) is 30.3 Å². The SMILES string of the molecule is O=[N+]([O-])c1cc([N+](=O)[O-])c(Nc2c(Cl)cc(C(F)(F)F)cc2Cl)c([N+](=O)[O-])c1. The van der Waals surface area contributed by atoms with Gasteiger partial charge in [0.15, 0.2) is 5.69 Å². The molecule has 1 N–H and O–H groups in total. The maximum Gasteiger partial charge on any atom is 0.416 e. The average molecular weight is 441 g/mol. The first kappa shape index (κ1) is 21.1. The second-order valence-electron chi connectivity index (χ2n) is 5.07. The van der Waals surface area contributed by atoms with Crippen molar-refractivity contribution in [1.82, 2.24) is 0 Å². The summed E-state index contributed by atoms with van der Waals surface area (Å²) in [5.74, 6) is 0. The van der Waals surface area contributed by atoms with Gasteiger partial charge in [0.1, 0.15) is 0 Å². The van der Waals surface area contributed by atoms with Crippen molar-refractivity contribution in [3.05, 3.63) is 70.2 Å². The Kier molecular flexibility index (Phi) is 5.61. The van der Waals surface area contributed by atoms with Crippen LogP contribution in [0.4, 0.5) is 41.6 Å². The molecule has 0 fully saturated rings. The molecule has 0 saturated heterocycles. The topological polar surface area (TPSA) is 141 Å². The zero-order valence-electron chi connectivity index (χ0n) is 13.0. The number of halogens is 5. The minimum absolute atomic E-state index is 0.446. The van der Waals surface area contributed by atoms with Crippen LogP contribution in [0.3, 0.4) is 0 Å². The van der Waals surface area contributed by atoms with E-state index in [0.717, 1.165) is 0 Å². The van der Waals surface area contributed by atoms with Crippen LogP contribution in [0.25, 0.3) is 0 Å². The molecule has 0 unspecified atom stereocenters. The van der Waals surface area contributed by atoms with E-state index >= 15 is 0 Å². The van der Waals surface area contributed by atoms with E-state index in [1.807, 2.05) is 0 Å². The molecule has 0 aliphatic carbocycles. The lowest BCUT2D eigenvalue weighted by atomic mass is 10.1. The van der Waals surface area contributed by atoms with Crippen LogP contribution in [0, 0.1) is 30.3 Å². The van der Waals surface area contributed by atoms with E-state index in [0.29, 0.717) is 24.3 Å². The maximum atomic E-state index is 12.8. The van der Waals surface area contributed by atoms with Crippen molar-refractivity contribution in [1.29, 1.82) is 0 Å². The third kappa shape index (κ3) is 4.20. The Morgan fingerprint density at radius 3 is 1.54 bits per heavy atom. The predicted molar refractivity (Wildman–Crippen MR) is 91.2 cm³/mol. The molecule has 2 aromatic carbocycles. The molecule has 0 spiro atoms. The highest BCUT2D eigenvalue weighted by Crippen LogP contribution is 2.44. The Labute approximate surface area is 161 Å². The Balaban J connectivity index is 2.71. The van der Waals surface area contributed by atoms with Crippen LogP contribution in [0.15, 0.2) is 24.3 Å². The van der Waals surface area contributed by atoms with E-state index in [1.54, 1.807) is 0 Å². The fourth-order valence-electron chi connectivity index (χ4n) is 2.10. The number of rotatable bonds is 5. The maximum absolute atomic E-state index is 12.8. The predicted octanol–water partition coefficient (Wildman–Crippen LogP) is 5.48. The van der Waals surface area contributed by atoms with Crippen LogP contribution < -0.4 is 5.32 Å². The van der Waals surface area contributed by atoms with Gasteiger partial charge in [-0.2, -0.15) is 13.2 Å². The highest BCUT2D eigenvalue weighted by molar-refractivity contribution is 6.39. The van der Waals surface area contributed by atoms with E-state index in [2.05, 4.69) is 5.32 Å². The summed E-state index contributed by atoms with van der Waals surface area (Å²) >= 11 is 11.5. The molecule has 2 aromatic rings. The van der Waals surface area contributed by atoms with Gasteiger partial charge in [0.2, 0.25) is 0 Å². The second kappa shape index (κ2) is 7.44. The van der Waals surface area contributed by atoms with Gasteiger partial charge in [0, 0.05) is 0 Å². The summed E-state index contributed by atoms with van der Waals surface area (Å²) < 4.78 is 38.4. The van der Waals surface area contributed by atoms with Crippen LogP contribution in [0.5, 0.6) is 0 Å². The molecule has 148 valence electrons. The van der Waals surface area contributed by atoms with Gasteiger partial charge >= 0.3 is 17.6 Å². The average Bonchev–Trinajstić information content (AvgIpc) is 2.56. The number of anilines is 2. The quantitative estimate of drug-likeness (QED) is 0.478. The number of nitrogens with one attached hydrogen (secondary N) is 1. The van der Waals surface area contributed by atoms with Crippen LogP contribution in [0.1, 0.15) is 5.56 Å². The third-order valence-corrected chi connectivity index (χ3v) is 3.90. The molecule has 0 aromatic heterocycles. The molecule has 10 nitrogen and oxygen atoms in total. The number of hydrogen-bond acceptors (Lipinski definition) is 7. The summed E-state index contributed by atoms with van der Waals surface area (Å²) in [5, 5.41) is 34.2. The number of hydrogen-bond donors (Lipinski definition) is 1. The number of benzene rings is 2. The molecule has 0 heterocycles. The normalized spacial score (nSPS) is 11.2. The van der Waals surface area contributed by atoms with Crippen molar-refractivity contribution in [3.8, 4) is 0 Å². The van der Waals surface area contributed by atoms with Crippen molar-refractivity contribution < 1.29 is 27.9 Å². The summed E-state index contributed by atoms with van der Waals surface area (Å²) in [6, 6.07) is 1.81. The second-order valence-corrected chi connectivity index (χ2v) is 5.88. The van der Waals surface area contributed by atoms with Gasteiger partial charge in [-0.15, -0.1) is 0 Å². The zero-order chi connectivity index (χ0) is 21.4. The first-order valence-electron chi connectivity index (χ1n) is 6.77. The lowest BCUT2D eigenvalue weighted by Crippen LogP contribution is -2.07. The molecule has 15 heteroatoms. The fourth-order valence-corrected chi connectivity index (χ4v) is 2.68. The molecule has 0 atom stereocenters. The lowest BCUT2D eigenvalue weighted by molar-refractivity contribution is -0.401. The highest BCUT2D eigenvalue weighted by atomic mass is 35.5. The summed E-state index contributed by atoms with van der Waals surface area (Å²) in [7, 11) is 0. The van der Waals surface area contributed by atoms with Gasteiger partial charge in [-0.05, 0) is 12.1 Å². The molecule has 0 aliphatic rings. The number of nitro benzene ring substituents is 3. The van der Waals surface area contributed by atoms with E-state index in [4.69, 9.17) is 23.2 Å². The Bertz CT molecular complexity index is 956. The number of non-ortho nitro benzene ring substituents is 1. The van der Waals surface area contributed by atoms with Gasteiger partial charge in [0.25, 0.3) is 5.69 Å². The number of nitrogens with zero attached hydrogens (tertiary/aromatic N) is 3. The molecular weight excluding hydrogens is 436 g/mol. The van der Waals surface area contributed by atoms with Crippen LogP contribution >= 0.6 is 23.2 Å². The molecular formula is C13H5Cl2F3N4O6. The first-order valence-corrected chi connectivity index (χ1v) is 7.53. The van der Waals surface area contributed by atoms with E-state index < -0.39 is 65.0 Å². The van der Waals surface area contributed by atoms with Crippen molar-refractivity contribution in [2.75, 3.05) is 5.32 Å². The molecule has 0 bridgehead atoms. The van der Waals surface area contributed by atoms with E-state index in [1.165, 1.54) is 0 Å². The highest BCUT2D eigenvalue weighted by Gasteiger charge is 2.34. The smallest absolute Gasteiger partial charge is 0.342 e. The molecule has 28 heavy (non-hydrogen) atoms. The first-order chi connectivity index (χ1) is 12.8. The molecule has 0 aliphatic heterocycles.